The molecule has 0 aliphatic carbocycles. The van der Waals surface area contributed by atoms with Crippen molar-refractivity contribution >= 4 is 0 Å². The summed E-state index contributed by atoms with van der Waals surface area (Å²) in [6.07, 6.45) is 0. The lowest BCUT2D eigenvalue weighted by Crippen LogP contribution is -2.18. The molecule has 2 rings (SSSR count). The summed E-state index contributed by atoms with van der Waals surface area (Å²) in [5.74, 6) is -1.78. The Hall–Kier alpha value is -1.81. The van der Waals surface area contributed by atoms with E-state index in [1.807, 2.05) is 13.8 Å². The molecule has 2 aromatic rings. The van der Waals surface area contributed by atoms with Gasteiger partial charge in [-0.3, -0.25) is 0 Å². The van der Waals surface area contributed by atoms with Gasteiger partial charge in [-0.15, -0.1) is 0 Å². The van der Waals surface area contributed by atoms with Crippen molar-refractivity contribution in [2.24, 2.45) is 0 Å². The van der Waals surface area contributed by atoms with Crippen molar-refractivity contribution in [2.75, 3.05) is 6.54 Å². The molecule has 0 aromatic heterocycles. The molecular weight excluding hydrogens is 263 g/mol. The number of hydrogen-bond donors (Lipinski definition) is 1. The summed E-state index contributed by atoms with van der Waals surface area (Å²) in [5, 5.41) is 3.21. The van der Waals surface area contributed by atoms with E-state index < -0.39 is 17.5 Å². The van der Waals surface area contributed by atoms with Crippen LogP contribution >= 0.6 is 0 Å². The second kappa shape index (κ2) is 6.09. The van der Waals surface area contributed by atoms with Crippen molar-refractivity contribution in [2.45, 2.75) is 19.9 Å². The molecule has 0 saturated heterocycles. The third-order valence-corrected chi connectivity index (χ3v) is 3.17. The number of rotatable bonds is 4. The molecule has 0 aliphatic heterocycles. The first-order valence-corrected chi connectivity index (χ1v) is 6.50. The summed E-state index contributed by atoms with van der Waals surface area (Å²) in [4.78, 5) is 0. The lowest BCUT2D eigenvalue weighted by atomic mass is 9.95. The molecule has 0 radical (unpaired) electrons. The molecule has 1 nitrogen and oxygen atoms in total. The molecule has 2 aromatic carbocycles. The van der Waals surface area contributed by atoms with Crippen molar-refractivity contribution in [3.8, 4) is 11.1 Å². The van der Waals surface area contributed by atoms with E-state index in [9.17, 15) is 13.2 Å². The largest absolute Gasteiger partial charge is 0.310 e. The highest BCUT2D eigenvalue weighted by Gasteiger charge is 2.13. The SMILES string of the molecule is CCNC(C)c1ccc(F)cc1-c1cc(F)cc(F)c1. The van der Waals surface area contributed by atoms with E-state index in [-0.39, 0.29) is 6.04 Å². The van der Waals surface area contributed by atoms with Gasteiger partial charge in [-0.25, -0.2) is 13.2 Å². The topological polar surface area (TPSA) is 12.0 Å². The maximum Gasteiger partial charge on any atom is 0.126 e. The third-order valence-electron chi connectivity index (χ3n) is 3.17. The highest BCUT2D eigenvalue weighted by Crippen LogP contribution is 2.30. The van der Waals surface area contributed by atoms with Gasteiger partial charge in [0.2, 0.25) is 0 Å². The second-order valence-corrected chi connectivity index (χ2v) is 4.67. The fourth-order valence-electron chi connectivity index (χ4n) is 2.28. The summed E-state index contributed by atoms with van der Waals surface area (Å²) < 4.78 is 40.2. The van der Waals surface area contributed by atoms with E-state index in [0.29, 0.717) is 11.1 Å². The van der Waals surface area contributed by atoms with Gasteiger partial charge in [0.25, 0.3) is 0 Å². The fourth-order valence-corrected chi connectivity index (χ4v) is 2.28. The van der Waals surface area contributed by atoms with Crippen LogP contribution in [-0.2, 0) is 0 Å². The quantitative estimate of drug-likeness (QED) is 0.872. The highest BCUT2D eigenvalue weighted by atomic mass is 19.1. The molecule has 4 heteroatoms. The van der Waals surface area contributed by atoms with E-state index in [0.717, 1.165) is 18.2 Å². The molecule has 106 valence electrons. The Labute approximate surface area is 116 Å². The fraction of sp³-hybridized carbons (Fsp3) is 0.250. The summed E-state index contributed by atoms with van der Waals surface area (Å²) in [5.41, 5.74) is 1.64. The Kier molecular flexibility index (Phi) is 4.45. The molecule has 1 unspecified atom stereocenters. The van der Waals surface area contributed by atoms with Crippen LogP contribution in [0.2, 0.25) is 0 Å². The highest BCUT2D eigenvalue weighted by molar-refractivity contribution is 5.68. The number of nitrogens with one attached hydrogen (secondary N) is 1. The predicted octanol–water partition coefficient (Wildman–Crippen LogP) is 4.44. The van der Waals surface area contributed by atoms with Gasteiger partial charge in [0, 0.05) is 12.1 Å². The lowest BCUT2D eigenvalue weighted by molar-refractivity contribution is 0.582. The van der Waals surface area contributed by atoms with E-state index >= 15 is 0 Å². The minimum Gasteiger partial charge on any atom is -0.310 e. The van der Waals surface area contributed by atoms with Gasteiger partial charge in [0.05, 0.1) is 0 Å². The van der Waals surface area contributed by atoms with Crippen molar-refractivity contribution in [3.63, 3.8) is 0 Å². The smallest absolute Gasteiger partial charge is 0.126 e. The first-order chi connectivity index (χ1) is 9.51. The zero-order chi connectivity index (χ0) is 14.7. The molecule has 0 spiro atoms. The molecule has 0 amide bonds. The first-order valence-electron chi connectivity index (χ1n) is 6.50. The Balaban J connectivity index is 2.56. The van der Waals surface area contributed by atoms with Crippen molar-refractivity contribution < 1.29 is 13.2 Å². The molecule has 1 atom stereocenters. The van der Waals surface area contributed by atoms with Crippen LogP contribution in [0.25, 0.3) is 11.1 Å². The summed E-state index contributed by atoms with van der Waals surface area (Å²) in [6, 6.07) is 7.47. The summed E-state index contributed by atoms with van der Waals surface area (Å²) in [6.45, 7) is 4.63. The molecule has 0 bridgehead atoms. The third kappa shape index (κ3) is 3.20. The van der Waals surface area contributed by atoms with Crippen molar-refractivity contribution in [3.05, 3.63) is 59.4 Å². The molecule has 0 heterocycles. The van der Waals surface area contributed by atoms with Crippen LogP contribution in [-0.4, -0.2) is 6.54 Å². The average Bonchev–Trinajstić information content (AvgIpc) is 2.37. The van der Waals surface area contributed by atoms with Crippen LogP contribution in [0, 0.1) is 17.5 Å². The van der Waals surface area contributed by atoms with Crippen LogP contribution in [0.5, 0.6) is 0 Å². The van der Waals surface area contributed by atoms with Crippen molar-refractivity contribution in [1.29, 1.82) is 0 Å². The van der Waals surface area contributed by atoms with Gasteiger partial charge in [-0.05, 0) is 54.4 Å². The molecular formula is C16H16F3N. The Morgan fingerprint density at radius 3 is 2.20 bits per heavy atom. The van der Waals surface area contributed by atoms with E-state index in [4.69, 9.17) is 0 Å². The van der Waals surface area contributed by atoms with E-state index in [1.165, 1.54) is 24.3 Å². The Morgan fingerprint density at radius 1 is 0.950 bits per heavy atom. The Morgan fingerprint density at radius 2 is 1.60 bits per heavy atom. The minimum atomic E-state index is -0.675. The predicted molar refractivity (Wildman–Crippen MR) is 73.8 cm³/mol. The molecule has 0 saturated carbocycles. The molecule has 0 aliphatic rings. The van der Waals surface area contributed by atoms with E-state index in [1.54, 1.807) is 6.07 Å². The number of hydrogen-bond acceptors (Lipinski definition) is 1. The summed E-state index contributed by atoms with van der Waals surface area (Å²) >= 11 is 0. The van der Waals surface area contributed by atoms with E-state index in [2.05, 4.69) is 5.32 Å². The Bertz CT molecular complexity index is 590. The first kappa shape index (κ1) is 14.6. The van der Waals surface area contributed by atoms with Crippen LogP contribution in [0.3, 0.4) is 0 Å². The van der Waals surface area contributed by atoms with Gasteiger partial charge < -0.3 is 5.32 Å². The average molecular weight is 279 g/mol. The normalized spacial score (nSPS) is 12.4. The molecule has 1 N–H and O–H groups in total. The van der Waals surface area contributed by atoms with Crippen LogP contribution in [0.1, 0.15) is 25.5 Å². The molecule has 0 fully saturated rings. The summed E-state index contributed by atoms with van der Waals surface area (Å²) in [7, 11) is 0. The standard InChI is InChI=1S/C16H16F3N/c1-3-20-10(2)15-5-4-12(17)9-16(15)11-6-13(18)8-14(19)7-11/h4-10,20H,3H2,1-2H3. The van der Waals surface area contributed by atoms with Gasteiger partial charge >= 0.3 is 0 Å². The number of halogens is 3. The van der Waals surface area contributed by atoms with Gasteiger partial charge in [-0.1, -0.05) is 13.0 Å². The minimum absolute atomic E-state index is 0.0399. The van der Waals surface area contributed by atoms with Gasteiger partial charge in [-0.2, -0.15) is 0 Å². The van der Waals surface area contributed by atoms with Crippen LogP contribution in [0.4, 0.5) is 13.2 Å². The lowest BCUT2D eigenvalue weighted by Gasteiger charge is -2.17. The maximum absolute atomic E-state index is 13.5. The second-order valence-electron chi connectivity index (χ2n) is 4.67. The molecule has 20 heavy (non-hydrogen) atoms. The van der Waals surface area contributed by atoms with Gasteiger partial charge in [0.15, 0.2) is 0 Å². The van der Waals surface area contributed by atoms with Crippen LogP contribution < -0.4 is 5.32 Å². The van der Waals surface area contributed by atoms with Gasteiger partial charge in [0.1, 0.15) is 17.5 Å². The zero-order valence-corrected chi connectivity index (χ0v) is 11.4. The zero-order valence-electron chi connectivity index (χ0n) is 11.4. The van der Waals surface area contributed by atoms with Crippen molar-refractivity contribution in [1.82, 2.24) is 5.32 Å². The van der Waals surface area contributed by atoms with Crippen LogP contribution in [0.15, 0.2) is 36.4 Å². The monoisotopic (exact) mass is 279 g/mol. The number of benzene rings is 2. The maximum atomic E-state index is 13.5.